The summed E-state index contributed by atoms with van der Waals surface area (Å²) < 4.78 is 0. The van der Waals surface area contributed by atoms with Crippen molar-refractivity contribution in [1.29, 1.82) is 0 Å². The molecular weight excluding hydrogens is 160 g/mol. The Hall–Kier alpha value is -0.820. The molecule has 0 bridgehead atoms. The zero-order valence-corrected chi connectivity index (χ0v) is 8.83. The minimum atomic E-state index is -0.313. The van der Waals surface area contributed by atoms with Crippen LogP contribution in [0.2, 0.25) is 0 Å². The largest absolute Gasteiger partial charge is 0.389 e. The van der Waals surface area contributed by atoms with Crippen LogP contribution in [-0.2, 0) is 0 Å². The van der Waals surface area contributed by atoms with Gasteiger partial charge < -0.3 is 5.11 Å². The first kappa shape index (κ1) is 12.2. The monoisotopic (exact) mass is 180 g/mol. The van der Waals surface area contributed by atoms with Gasteiger partial charge in [0.25, 0.3) is 0 Å². The van der Waals surface area contributed by atoms with Gasteiger partial charge in [-0.05, 0) is 33.6 Å². The van der Waals surface area contributed by atoms with E-state index < -0.39 is 0 Å². The van der Waals surface area contributed by atoms with Gasteiger partial charge in [-0.1, -0.05) is 36.0 Å². The molecule has 1 nitrogen and oxygen atoms in total. The van der Waals surface area contributed by atoms with Gasteiger partial charge in [0.1, 0.15) is 0 Å². The second kappa shape index (κ2) is 7.81. The third-order valence-electron chi connectivity index (χ3n) is 1.65. The number of aliphatic hydroxyl groups is 1. The first-order valence-electron chi connectivity index (χ1n) is 4.77. The molecule has 0 aromatic carbocycles. The fourth-order valence-electron chi connectivity index (χ4n) is 0.943. The van der Waals surface area contributed by atoms with Gasteiger partial charge in [-0.2, -0.15) is 0 Å². The van der Waals surface area contributed by atoms with Crippen LogP contribution in [0.1, 0.15) is 33.6 Å². The minimum absolute atomic E-state index is 0.313. The van der Waals surface area contributed by atoms with Crippen molar-refractivity contribution in [1.82, 2.24) is 0 Å². The molecule has 0 aromatic heterocycles. The third-order valence-corrected chi connectivity index (χ3v) is 1.65. The third kappa shape index (κ3) is 9.09. The van der Waals surface area contributed by atoms with E-state index in [1.54, 1.807) is 0 Å². The summed E-state index contributed by atoms with van der Waals surface area (Å²) in [5, 5.41) is 9.44. The predicted molar refractivity (Wildman–Crippen MR) is 58.6 cm³/mol. The molecule has 0 aliphatic heterocycles. The van der Waals surface area contributed by atoms with Crippen LogP contribution in [0.15, 0.2) is 36.0 Å². The molecule has 0 radical (unpaired) electrons. The minimum Gasteiger partial charge on any atom is -0.389 e. The van der Waals surface area contributed by atoms with Crippen molar-refractivity contribution in [2.24, 2.45) is 0 Å². The van der Waals surface area contributed by atoms with Crippen molar-refractivity contribution in [3.63, 3.8) is 0 Å². The molecule has 0 heterocycles. The Labute approximate surface area is 81.5 Å². The van der Waals surface area contributed by atoms with E-state index in [2.05, 4.69) is 19.9 Å². The summed E-state index contributed by atoms with van der Waals surface area (Å²) in [5.74, 6) is 0. The molecule has 0 spiro atoms. The highest BCUT2D eigenvalue weighted by Gasteiger charge is 1.95. The van der Waals surface area contributed by atoms with Crippen LogP contribution in [0.25, 0.3) is 0 Å². The fraction of sp³-hybridized carbons (Fsp3) is 0.500. The SMILES string of the molecule is C/C=C/C=C/C(O)CCC=C(C)C. The highest BCUT2D eigenvalue weighted by atomic mass is 16.3. The summed E-state index contributed by atoms with van der Waals surface area (Å²) >= 11 is 0. The summed E-state index contributed by atoms with van der Waals surface area (Å²) in [6.45, 7) is 6.10. The van der Waals surface area contributed by atoms with E-state index in [-0.39, 0.29) is 6.10 Å². The fourth-order valence-corrected chi connectivity index (χ4v) is 0.943. The van der Waals surface area contributed by atoms with E-state index in [0.717, 1.165) is 12.8 Å². The Balaban J connectivity index is 3.63. The van der Waals surface area contributed by atoms with Gasteiger partial charge in [-0.25, -0.2) is 0 Å². The highest BCUT2D eigenvalue weighted by Crippen LogP contribution is 2.02. The molecular formula is C12H20O. The maximum Gasteiger partial charge on any atom is 0.0726 e. The van der Waals surface area contributed by atoms with Crippen molar-refractivity contribution >= 4 is 0 Å². The van der Waals surface area contributed by atoms with E-state index in [9.17, 15) is 5.11 Å². The van der Waals surface area contributed by atoms with Gasteiger partial charge >= 0.3 is 0 Å². The molecule has 0 aromatic rings. The van der Waals surface area contributed by atoms with Gasteiger partial charge in [0, 0.05) is 0 Å². The number of rotatable bonds is 5. The summed E-state index contributed by atoms with van der Waals surface area (Å²) in [6.07, 6.45) is 11.2. The molecule has 0 saturated carbocycles. The number of hydrogen-bond acceptors (Lipinski definition) is 1. The number of aliphatic hydroxyl groups excluding tert-OH is 1. The van der Waals surface area contributed by atoms with Gasteiger partial charge in [-0.3, -0.25) is 0 Å². The van der Waals surface area contributed by atoms with E-state index >= 15 is 0 Å². The standard InChI is InChI=1S/C12H20O/c1-4-5-6-9-12(13)10-7-8-11(2)3/h4-6,8-9,12-13H,7,10H2,1-3H3/b5-4+,9-6+. The number of hydrogen-bond donors (Lipinski definition) is 1. The second-order valence-electron chi connectivity index (χ2n) is 3.34. The second-order valence-corrected chi connectivity index (χ2v) is 3.34. The lowest BCUT2D eigenvalue weighted by Gasteiger charge is -2.01. The molecule has 74 valence electrons. The van der Waals surface area contributed by atoms with Crippen molar-refractivity contribution < 1.29 is 5.11 Å². The smallest absolute Gasteiger partial charge is 0.0726 e. The van der Waals surface area contributed by atoms with Crippen LogP contribution in [0.4, 0.5) is 0 Å². The average molecular weight is 180 g/mol. The molecule has 0 aliphatic carbocycles. The Kier molecular flexibility index (Phi) is 7.32. The first-order chi connectivity index (χ1) is 6.16. The van der Waals surface area contributed by atoms with Crippen LogP contribution < -0.4 is 0 Å². The van der Waals surface area contributed by atoms with Crippen LogP contribution in [0, 0.1) is 0 Å². The summed E-state index contributed by atoms with van der Waals surface area (Å²) in [5.41, 5.74) is 1.31. The van der Waals surface area contributed by atoms with Crippen molar-refractivity contribution in [3.8, 4) is 0 Å². The van der Waals surface area contributed by atoms with E-state index in [4.69, 9.17) is 0 Å². The lowest BCUT2D eigenvalue weighted by molar-refractivity contribution is 0.214. The summed E-state index contributed by atoms with van der Waals surface area (Å²) in [6, 6.07) is 0. The van der Waals surface area contributed by atoms with Gasteiger partial charge in [0.2, 0.25) is 0 Å². The molecule has 1 atom stereocenters. The van der Waals surface area contributed by atoms with Crippen LogP contribution in [0.5, 0.6) is 0 Å². The van der Waals surface area contributed by atoms with E-state index in [1.807, 2.05) is 31.2 Å². The Morgan fingerprint density at radius 3 is 2.54 bits per heavy atom. The Morgan fingerprint density at radius 2 is 2.00 bits per heavy atom. The van der Waals surface area contributed by atoms with E-state index in [0.29, 0.717) is 0 Å². The summed E-state index contributed by atoms with van der Waals surface area (Å²) in [7, 11) is 0. The molecule has 0 fully saturated rings. The molecule has 0 amide bonds. The Morgan fingerprint density at radius 1 is 1.31 bits per heavy atom. The Bertz CT molecular complexity index is 195. The van der Waals surface area contributed by atoms with E-state index in [1.165, 1.54) is 5.57 Å². The lowest BCUT2D eigenvalue weighted by atomic mass is 10.1. The number of allylic oxidation sites excluding steroid dienone is 5. The van der Waals surface area contributed by atoms with Gasteiger partial charge in [0.15, 0.2) is 0 Å². The molecule has 0 rings (SSSR count). The predicted octanol–water partition coefficient (Wildman–Crippen LogP) is 3.23. The van der Waals surface area contributed by atoms with Gasteiger partial charge in [0.05, 0.1) is 6.10 Å². The maximum absolute atomic E-state index is 9.44. The molecule has 13 heavy (non-hydrogen) atoms. The molecule has 1 heteroatoms. The molecule has 0 aliphatic rings. The van der Waals surface area contributed by atoms with Gasteiger partial charge in [-0.15, -0.1) is 0 Å². The lowest BCUT2D eigenvalue weighted by Crippen LogP contribution is -2.00. The first-order valence-corrected chi connectivity index (χ1v) is 4.77. The quantitative estimate of drug-likeness (QED) is 0.508. The molecule has 1 unspecified atom stereocenters. The normalized spacial score (nSPS) is 13.8. The zero-order chi connectivity index (χ0) is 10.1. The van der Waals surface area contributed by atoms with Crippen molar-refractivity contribution in [3.05, 3.63) is 36.0 Å². The highest BCUT2D eigenvalue weighted by molar-refractivity contribution is 5.04. The van der Waals surface area contributed by atoms with Crippen LogP contribution in [-0.4, -0.2) is 11.2 Å². The van der Waals surface area contributed by atoms with Crippen molar-refractivity contribution in [2.45, 2.75) is 39.7 Å². The van der Waals surface area contributed by atoms with Crippen LogP contribution >= 0.6 is 0 Å². The zero-order valence-electron chi connectivity index (χ0n) is 8.83. The summed E-state index contributed by atoms with van der Waals surface area (Å²) in [4.78, 5) is 0. The average Bonchev–Trinajstić information content (AvgIpc) is 2.04. The van der Waals surface area contributed by atoms with Crippen molar-refractivity contribution in [2.75, 3.05) is 0 Å². The molecule has 1 N–H and O–H groups in total. The molecule has 0 saturated heterocycles. The van der Waals surface area contributed by atoms with Crippen LogP contribution in [0.3, 0.4) is 0 Å². The topological polar surface area (TPSA) is 20.2 Å². The maximum atomic E-state index is 9.44.